The molecule has 0 spiro atoms. The van der Waals surface area contributed by atoms with Crippen molar-refractivity contribution >= 4 is 11.6 Å². The first-order chi connectivity index (χ1) is 12.4. The third kappa shape index (κ3) is 3.50. The van der Waals surface area contributed by atoms with E-state index in [9.17, 15) is 0 Å². The highest BCUT2D eigenvalue weighted by molar-refractivity contribution is 5.65. The maximum absolute atomic E-state index is 4.54. The number of nitrogens with one attached hydrogen (secondary N) is 1. The molecule has 25 heavy (non-hydrogen) atoms. The van der Waals surface area contributed by atoms with E-state index < -0.39 is 0 Å². The number of pyridine rings is 2. The third-order valence-corrected chi connectivity index (χ3v) is 3.67. The summed E-state index contributed by atoms with van der Waals surface area (Å²) in [6.07, 6.45) is 5.25. The summed E-state index contributed by atoms with van der Waals surface area (Å²) in [5, 5.41) is 3.21. The smallest absolute Gasteiger partial charge is 0.178 e. The maximum Gasteiger partial charge on any atom is 0.178 e. The molecule has 0 aliphatic heterocycles. The van der Waals surface area contributed by atoms with Gasteiger partial charge < -0.3 is 5.32 Å². The molecular formula is C20H15N5. The lowest BCUT2D eigenvalue weighted by atomic mass is 10.1. The van der Waals surface area contributed by atoms with Crippen molar-refractivity contribution in [1.29, 1.82) is 0 Å². The third-order valence-electron chi connectivity index (χ3n) is 3.67. The van der Waals surface area contributed by atoms with Gasteiger partial charge in [-0.2, -0.15) is 0 Å². The zero-order valence-electron chi connectivity index (χ0n) is 13.4. The highest BCUT2D eigenvalue weighted by Gasteiger charge is 2.04. The Morgan fingerprint density at radius 3 is 2.20 bits per heavy atom. The predicted octanol–water partition coefficient (Wildman–Crippen LogP) is 4.34. The monoisotopic (exact) mass is 325 g/mol. The van der Waals surface area contributed by atoms with E-state index in [-0.39, 0.29) is 0 Å². The standard InChI is InChI=1S/C20H15N5/c1-2-6-15(7-3-1)16-10-11-18(23-14-16)25-19-9-4-8-17(24-19)20-21-12-5-13-22-20/h1-14H,(H,23,24,25). The van der Waals surface area contributed by atoms with Gasteiger partial charge >= 0.3 is 0 Å². The molecule has 3 heterocycles. The molecule has 1 aromatic carbocycles. The average Bonchev–Trinajstić information content (AvgIpc) is 2.70. The number of anilines is 2. The van der Waals surface area contributed by atoms with Crippen LogP contribution in [0.2, 0.25) is 0 Å². The van der Waals surface area contributed by atoms with Gasteiger partial charge in [0.15, 0.2) is 5.82 Å². The molecule has 0 aliphatic rings. The summed E-state index contributed by atoms with van der Waals surface area (Å²) in [7, 11) is 0. The van der Waals surface area contributed by atoms with E-state index in [4.69, 9.17) is 0 Å². The van der Waals surface area contributed by atoms with Gasteiger partial charge in [-0.25, -0.2) is 19.9 Å². The molecule has 0 atom stereocenters. The Morgan fingerprint density at radius 1 is 0.600 bits per heavy atom. The molecule has 4 rings (SSSR count). The van der Waals surface area contributed by atoms with Gasteiger partial charge in [0.2, 0.25) is 0 Å². The molecule has 5 nitrogen and oxygen atoms in total. The van der Waals surface area contributed by atoms with E-state index in [1.165, 1.54) is 0 Å². The number of nitrogens with zero attached hydrogens (tertiary/aromatic N) is 4. The van der Waals surface area contributed by atoms with E-state index in [1.807, 2.05) is 54.7 Å². The van der Waals surface area contributed by atoms with Crippen molar-refractivity contribution in [3.05, 3.63) is 85.3 Å². The Labute approximate surface area is 145 Å². The highest BCUT2D eigenvalue weighted by Crippen LogP contribution is 2.21. The Bertz CT molecular complexity index is 954. The summed E-state index contributed by atoms with van der Waals surface area (Å²) >= 11 is 0. The quantitative estimate of drug-likeness (QED) is 0.604. The average molecular weight is 325 g/mol. The van der Waals surface area contributed by atoms with Crippen LogP contribution in [-0.4, -0.2) is 19.9 Å². The highest BCUT2D eigenvalue weighted by atomic mass is 15.1. The lowest BCUT2D eigenvalue weighted by Crippen LogP contribution is -1.98. The summed E-state index contributed by atoms with van der Waals surface area (Å²) < 4.78 is 0. The van der Waals surface area contributed by atoms with Crippen molar-refractivity contribution in [3.8, 4) is 22.6 Å². The van der Waals surface area contributed by atoms with E-state index in [1.54, 1.807) is 18.5 Å². The molecule has 5 heteroatoms. The molecule has 0 radical (unpaired) electrons. The van der Waals surface area contributed by atoms with Gasteiger partial charge in [0.25, 0.3) is 0 Å². The van der Waals surface area contributed by atoms with Crippen molar-refractivity contribution in [2.45, 2.75) is 0 Å². The first-order valence-corrected chi connectivity index (χ1v) is 7.91. The second kappa shape index (κ2) is 6.88. The van der Waals surface area contributed by atoms with E-state index in [0.717, 1.165) is 16.9 Å². The second-order valence-electron chi connectivity index (χ2n) is 5.40. The minimum Gasteiger partial charge on any atom is -0.325 e. The molecule has 0 fully saturated rings. The second-order valence-corrected chi connectivity index (χ2v) is 5.40. The molecule has 4 aromatic rings. The number of rotatable bonds is 4. The summed E-state index contributed by atoms with van der Waals surface area (Å²) in [6, 6.07) is 21.6. The van der Waals surface area contributed by atoms with Gasteiger partial charge in [0.1, 0.15) is 17.3 Å². The van der Waals surface area contributed by atoms with Crippen molar-refractivity contribution in [2.24, 2.45) is 0 Å². The molecule has 0 saturated heterocycles. The number of hydrogen-bond donors (Lipinski definition) is 1. The van der Waals surface area contributed by atoms with Crippen LogP contribution < -0.4 is 5.32 Å². The number of aromatic nitrogens is 4. The van der Waals surface area contributed by atoms with Crippen LogP contribution in [0.5, 0.6) is 0 Å². The van der Waals surface area contributed by atoms with E-state index in [0.29, 0.717) is 17.3 Å². The van der Waals surface area contributed by atoms with Crippen molar-refractivity contribution in [3.63, 3.8) is 0 Å². The van der Waals surface area contributed by atoms with Crippen molar-refractivity contribution < 1.29 is 0 Å². The van der Waals surface area contributed by atoms with Crippen LogP contribution >= 0.6 is 0 Å². The van der Waals surface area contributed by atoms with Gasteiger partial charge in [-0.15, -0.1) is 0 Å². The van der Waals surface area contributed by atoms with Crippen LogP contribution in [0.25, 0.3) is 22.6 Å². The first-order valence-electron chi connectivity index (χ1n) is 7.91. The topological polar surface area (TPSA) is 63.6 Å². The zero-order valence-corrected chi connectivity index (χ0v) is 13.4. The minimum absolute atomic E-state index is 0.596. The normalized spacial score (nSPS) is 10.4. The Morgan fingerprint density at radius 2 is 1.44 bits per heavy atom. The summed E-state index contributed by atoms with van der Waals surface area (Å²) in [4.78, 5) is 17.5. The van der Waals surface area contributed by atoms with Crippen LogP contribution in [0.15, 0.2) is 85.3 Å². The molecule has 3 aromatic heterocycles. The van der Waals surface area contributed by atoms with Gasteiger partial charge in [-0.05, 0) is 35.9 Å². The lowest BCUT2D eigenvalue weighted by molar-refractivity contribution is 1.14. The van der Waals surface area contributed by atoms with Crippen LogP contribution in [0.3, 0.4) is 0 Å². The molecule has 0 unspecified atom stereocenters. The predicted molar refractivity (Wildman–Crippen MR) is 98.2 cm³/mol. The fourth-order valence-electron chi connectivity index (χ4n) is 2.46. The van der Waals surface area contributed by atoms with Crippen LogP contribution in [-0.2, 0) is 0 Å². The zero-order chi connectivity index (χ0) is 16.9. The molecular weight excluding hydrogens is 310 g/mol. The van der Waals surface area contributed by atoms with Gasteiger partial charge in [0.05, 0.1) is 0 Å². The van der Waals surface area contributed by atoms with Crippen molar-refractivity contribution in [1.82, 2.24) is 19.9 Å². The van der Waals surface area contributed by atoms with E-state index in [2.05, 4.69) is 37.4 Å². The maximum atomic E-state index is 4.54. The van der Waals surface area contributed by atoms with Gasteiger partial charge in [-0.1, -0.05) is 36.4 Å². The van der Waals surface area contributed by atoms with Crippen LogP contribution in [0.1, 0.15) is 0 Å². The molecule has 1 N–H and O–H groups in total. The van der Waals surface area contributed by atoms with E-state index >= 15 is 0 Å². The lowest BCUT2D eigenvalue weighted by Gasteiger charge is -2.07. The Kier molecular flexibility index (Phi) is 4.12. The molecule has 0 bridgehead atoms. The van der Waals surface area contributed by atoms with Crippen LogP contribution in [0, 0.1) is 0 Å². The molecule has 120 valence electrons. The Hall–Kier alpha value is -3.60. The van der Waals surface area contributed by atoms with Crippen LogP contribution in [0.4, 0.5) is 11.6 Å². The SMILES string of the molecule is c1ccc(-c2ccc(Nc3cccc(-c4ncccn4)n3)nc2)cc1. The summed E-state index contributed by atoms with van der Waals surface area (Å²) in [6.45, 7) is 0. The van der Waals surface area contributed by atoms with Crippen molar-refractivity contribution in [2.75, 3.05) is 5.32 Å². The summed E-state index contributed by atoms with van der Waals surface area (Å²) in [5.41, 5.74) is 2.93. The first kappa shape index (κ1) is 15.0. The number of hydrogen-bond acceptors (Lipinski definition) is 5. The fourth-order valence-corrected chi connectivity index (χ4v) is 2.46. The molecule has 0 aliphatic carbocycles. The number of benzene rings is 1. The minimum atomic E-state index is 0.596. The Balaban J connectivity index is 1.55. The largest absolute Gasteiger partial charge is 0.325 e. The van der Waals surface area contributed by atoms with Gasteiger partial charge in [0, 0.05) is 24.2 Å². The fraction of sp³-hybridized carbons (Fsp3) is 0. The molecule has 0 amide bonds. The summed E-state index contributed by atoms with van der Waals surface area (Å²) in [5.74, 6) is 2.03. The van der Waals surface area contributed by atoms with Gasteiger partial charge in [-0.3, -0.25) is 0 Å². The molecule has 0 saturated carbocycles.